The number of aliphatic hydroxyl groups is 1. The van der Waals surface area contributed by atoms with E-state index >= 15 is 0 Å². The standard InChI is InChI=1S/C4H5N2OS/c1-3(7)4-6-5-2-8-4/h3,7H,1H3/t3-/m1/s1. The van der Waals surface area contributed by atoms with Crippen LogP contribution in [0, 0.1) is 5.51 Å². The lowest BCUT2D eigenvalue weighted by Gasteiger charge is -1.91. The van der Waals surface area contributed by atoms with Gasteiger partial charge in [0.25, 0.3) is 0 Å². The Morgan fingerprint density at radius 1 is 1.88 bits per heavy atom. The highest BCUT2D eigenvalue weighted by atomic mass is 32.1. The fraction of sp³-hybridized carbons (Fsp3) is 0.500. The monoisotopic (exact) mass is 129 g/mol. The van der Waals surface area contributed by atoms with Crippen molar-refractivity contribution in [1.29, 1.82) is 0 Å². The van der Waals surface area contributed by atoms with Gasteiger partial charge in [0.15, 0.2) is 5.51 Å². The predicted molar refractivity (Wildman–Crippen MR) is 29.4 cm³/mol. The minimum atomic E-state index is -0.501. The van der Waals surface area contributed by atoms with Crippen LogP contribution < -0.4 is 0 Å². The second-order valence-electron chi connectivity index (χ2n) is 1.41. The molecule has 1 atom stereocenters. The van der Waals surface area contributed by atoms with Gasteiger partial charge in [0.1, 0.15) is 11.1 Å². The van der Waals surface area contributed by atoms with Crippen molar-refractivity contribution in [1.82, 2.24) is 10.2 Å². The van der Waals surface area contributed by atoms with Crippen molar-refractivity contribution in [3.05, 3.63) is 10.5 Å². The average molecular weight is 129 g/mol. The molecular formula is C4H5N2OS. The van der Waals surface area contributed by atoms with Crippen molar-refractivity contribution in [3.63, 3.8) is 0 Å². The van der Waals surface area contributed by atoms with Crippen LogP contribution in [0.25, 0.3) is 0 Å². The molecule has 4 heteroatoms. The number of aromatic nitrogens is 2. The molecule has 0 unspecified atom stereocenters. The highest BCUT2D eigenvalue weighted by Gasteiger charge is 2.01. The first-order chi connectivity index (χ1) is 3.80. The molecule has 0 amide bonds. The first kappa shape index (κ1) is 5.65. The second kappa shape index (κ2) is 2.19. The quantitative estimate of drug-likeness (QED) is 0.596. The molecule has 0 spiro atoms. The van der Waals surface area contributed by atoms with E-state index in [4.69, 9.17) is 5.11 Å². The van der Waals surface area contributed by atoms with Gasteiger partial charge in [-0.3, -0.25) is 0 Å². The van der Waals surface area contributed by atoms with Crippen LogP contribution in [-0.4, -0.2) is 15.3 Å². The highest BCUT2D eigenvalue weighted by Crippen LogP contribution is 2.10. The lowest BCUT2D eigenvalue weighted by atomic mass is 10.4. The summed E-state index contributed by atoms with van der Waals surface area (Å²) in [7, 11) is 0. The van der Waals surface area contributed by atoms with E-state index < -0.39 is 6.10 Å². The molecule has 3 nitrogen and oxygen atoms in total. The zero-order chi connectivity index (χ0) is 5.98. The molecule has 1 rings (SSSR count). The summed E-state index contributed by atoms with van der Waals surface area (Å²) in [6, 6.07) is 0. The summed E-state index contributed by atoms with van der Waals surface area (Å²) in [5.74, 6) is 0. The number of rotatable bonds is 1. The van der Waals surface area contributed by atoms with Gasteiger partial charge in [-0.1, -0.05) is 11.3 Å². The SMILES string of the molecule is C[C@@H](O)c1nn[c]s1. The third-order valence-corrected chi connectivity index (χ3v) is 1.50. The van der Waals surface area contributed by atoms with E-state index in [0.29, 0.717) is 5.01 Å². The van der Waals surface area contributed by atoms with E-state index in [1.807, 2.05) is 0 Å². The van der Waals surface area contributed by atoms with Crippen LogP contribution >= 0.6 is 11.3 Å². The molecule has 0 saturated carbocycles. The number of hydrogen-bond acceptors (Lipinski definition) is 4. The zero-order valence-electron chi connectivity index (χ0n) is 4.33. The third-order valence-electron chi connectivity index (χ3n) is 0.697. The topological polar surface area (TPSA) is 46.0 Å². The molecule has 1 radical (unpaired) electrons. The molecule has 1 N–H and O–H groups in total. The Kier molecular flexibility index (Phi) is 1.55. The van der Waals surface area contributed by atoms with Crippen molar-refractivity contribution in [3.8, 4) is 0 Å². The van der Waals surface area contributed by atoms with Crippen molar-refractivity contribution >= 4 is 11.3 Å². The lowest BCUT2D eigenvalue weighted by molar-refractivity contribution is 0.198. The first-order valence-electron chi connectivity index (χ1n) is 2.18. The van der Waals surface area contributed by atoms with E-state index in [-0.39, 0.29) is 0 Å². The van der Waals surface area contributed by atoms with Crippen LogP contribution in [-0.2, 0) is 0 Å². The number of hydrogen-bond donors (Lipinski definition) is 1. The molecule has 0 aliphatic rings. The summed E-state index contributed by atoms with van der Waals surface area (Å²) in [5, 5.41) is 16.4. The van der Waals surface area contributed by atoms with Gasteiger partial charge in [-0.05, 0) is 6.92 Å². The highest BCUT2D eigenvalue weighted by molar-refractivity contribution is 7.08. The molecule has 0 aliphatic carbocycles. The molecule has 0 fully saturated rings. The molecule has 1 aromatic heterocycles. The maximum Gasteiger partial charge on any atom is 0.178 e. The molecule has 0 aromatic carbocycles. The Bertz CT molecular complexity index is 149. The summed E-state index contributed by atoms with van der Waals surface area (Å²) in [6.45, 7) is 1.65. The molecule has 8 heavy (non-hydrogen) atoms. The number of nitrogens with zero attached hydrogens (tertiary/aromatic N) is 2. The minimum absolute atomic E-state index is 0.501. The molecule has 43 valence electrons. The van der Waals surface area contributed by atoms with E-state index in [1.54, 1.807) is 6.92 Å². The van der Waals surface area contributed by atoms with Crippen molar-refractivity contribution in [2.75, 3.05) is 0 Å². The summed E-state index contributed by atoms with van der Waals surface area (Å²) < 4.78 is 0. The Morgan fingerprint density at radius 2 is 2.62 bits per heavy atom. The smallest absolute Gasteiger partial charge is 0.178 e. The normalized spacial score (nSPS) is 13.8. The van der Waals surface area contributed by atoms with E-state index in [9.17, 15) is 0 Å². The van der Waals surface area contributed by atoms with Gasteiger partial charge in [0, 0.05) is 0 Å². The van der Waals surface area contributed by atoms with Gasteiger partial charge < -0.3 is 5.11 Å². The number of aliphatic hydroxyl groups excluding tert-OH is 1. The van der Waals surface area contributed by atoms with Crippen molar-refractivity contribution in [2.24, 2.45) is 0 Å². The lowest BCUT2D eigenvalue weighted by Crippen LogP contribution is -1.87. The van der Waals surface area contributed by atoms with Gasteiger partial charge in [0.05, 0.1) is 0 Å². The molecular weight excluding hydrogens is 124 g/mol. The Hall–Kier alpha value is -0.480. The summed E-state index contributed by atoms with van der Waals surface area (Å²) >= 11 is 1.23. The Balaban J connectivity index is 2.77. The molecule has 0 saturated heterocycles. The van der Waals surface area contributed by atoms with Crippen LogP contribution in [0.2, 0.25) is 0 Å². The van der Waals surface area contributed by atoms with Gasteiger partial charge >= 0.3 is 0 Å². The van der Waals surface area contributed by atoms with E-state index in [0.717, 1.165) is 0 Å². The van der Waals surface area contributed by atoms with Gasteiger partial charge in [-0.15, -0.1) is 10.2 Å². The second-order valence-corrected chi connectivity index (χ2v) is 2.21. The minimum Gasteiger partial charge on any atom is -0.386 e. The van der Waals surface area contributed by atoms with Crippen molar-refractivity contribution in [2.45, 2.75) is 13.0 Å². The Labute approximate surface area is 51.0 Å². The summed E-state index contributed by atoms with van der Waals surface area (Å²) in [5.41, 5.74) is 2.53. The van der Waals surface area contributed by atoms with Crippen LogP contribution in [0.3, 0.4) is 0 Å². The average Bonchev–Trinajstić information content (AvgIpc) is 2.12. The largest absolute Gasteiger partial charge is 0.386 e. The first-order valence-corrected chi connectivity index (χ1v) is 3.00. The van der Waals surface area contributed by atoms with Gasteiger partial charge in [-0.25, -0.2) is 0 Å². The predicted octanol–water partition coefficient (Wildman–Crippen LogP) is 0.392. The van der Waals surface area contributed by atoms with E-state index in [2.05, 4.69) is 15.7 Å². The van der Waals surface area contributed by atoms with Crippen LogP contribution in [0.1, 0.15) is 18.0 Å². The maximum absolute atomic E-state index is 8.80. The zero-order valence-corrected chi connectivity index (χ0v) is 5.14. The van der Waals surface area contributed by atoms with Crippen LogP contribution in [0.5, 0.6) is 0 Å². The van der Waals surface area contributed by atoms with E-state index in [1.165, 1.54) is 11.3 Å². The summed E-state index contributed by atoms with van der Waals surface area (Å²) in [6.07, 6.45) is -0.501. The molecule has 1 heterocycles. The fourth-order valence-electron chi connectivity index (χ4n) is 0.326. The summed E-state index contributed by atoms with van der Waals surface area (Å²) in [4.78, 5) is 0. The van der Waals surface area contributed by atoms with Gasteiger partial charge in [0.2, 0.25) is 0 Å². The molecule has 0 aliphatic heterocycles. The fourth-order valence-corrected chi connectivity index (χ4v) is 0.753. The third kappa shape index (κ3) is 1.02. The Morgan fingerprint density at radius 3 is 2.88 bits per heavy atom. The maximum atomic E-state index is 8.80. The van der Waals surface area contributed by atoms with Crippen LogP contribution in [0.15, 0.2) is 0 Å². The van der Waals surface area contributed by atoms with Crippen molar-refractivity contribution < 1.29 is 5.11 Å². The molecule has 1 aromatic rings. The van der Waals surface area contributed by atoms with Crippen LogP contribution in [0.4, 0.5) is 0 Å². The van der Waals surface area contributed by atoms with Gasteiger partial charge in [-0.2, -0.15) is 0 Å². The molecule has 0 bridgehead atoms.